The largest absolute Gasteiger partial charge is 0.402 e. The molecule has 1 aromatic heterocycles. The van der Waals surface area contributed by atoms with Crippen LogP contribution in [0.2, 0.25) is 0 Å². The van der Waals surface area contributed by atoms with Crippen LogP contribution in [0.15, 0.2) is 36.5 Å². The molecule has 3 nitrogen and oxygen atoms in total. The number of hydrogen-bond acceptors (Lipinski definition) is 3. The summed E-state index contributed by atoms with van der Waals surface area (Å²) < 4.78 is 59.1. The highest BCUT2D eigenvalue weighted by Crippen LogP contribution is 2.53. The van der Waals surface area contributed by atoms with Crippen LogP contribution in [-0.2, 0) is 10.2 Å². The third-order valence-corrected chi connectivity index (χ3v) is 4.16. The van der Waals surface area contributed by atoms with Gasteiger partial charge in [-0.1, -0.05) is 19.9 Å². The van der Waals surface area contributed by atoms with E-state index in [9.17, 15) is 17.6 Å². The summed E-state index contributed by atoms with van der Waals surface area (Å²) >= 11 is 0. The molecule has 0 saturated carbocycles. The van der Waals surface area contributed by atoms with Gasteiger partial charge in [-0.15, -0.1) is 0 Å². The van der Waals surface area contributed by atoms with Crippen molar-refractivity contribution < 1.29 is 22.3 Å². The smallest absolute Gasteiger partial charge is 0.382 e. The lowest BCUT2D eigenvalue weighted by atomic mass is 9.73. The molecule has 7 heteroatoms. The molecule has 1 N–H and O–H groups in total. The minimum Gasteiger partial charge on any atom is -0.382 e. The molecule has 0 fully saturated rings. The molecule has 3 rings (SSSR count). The Morgan fingerprint density at radius 2 is 1.70 bits per heavy atom. The van der Waals surface area contributed by atoms with Crippen LogP contribution < -0.4 is 5.32 Å². The number of methoxy groups -OCH3 is 1. The number of fused-ring (bicyclic) bond motifs is 2. The van der Waals surface area contributed by atoms with E-state index in [4.69, 9.17) is 4.74 Å². The first-order valence-electron chi connectivity index (χ1n) is 8.73. The third kappa shape index (κ3) is 4.77. The Hall–Kier alpha value is -2.15. The first-order valence-corrected chi connectivity index (χ1v) is 8.73. The highest BCUT2D eigenvalue weighted by Gasteiger charge is 2.57. The summed E-state index contributed by atoms with van der Waals surface area (Å²) in [7, 11) is 1.70. The van der Waals surface area contributed by atoms with Gasteiger partial charge in [-0.3, -0.25) is 0 Å². The zero-order chi connectivity index (χ0) is 20.8. The van der Waals surface area contributed by atoms with Crippen molar-refractivity contribution in [2.24, 2.45) is 0 Å². The average molecular weight is 386 g/mol. The van der Waals surface area contributed by atoms with Crippen LogP contribution in [-0.4, -0.2) is 24.4 Å². The van der Waals surface area contributed by atoms with E-state index in [2.05, 4.69) is 10.3 Å². The fraction of sp³-hybridized carbons (Fsp3) is 0.450. The average Bonchev–Trinajstić information content (AvgIpc) is 2.64. The Morgan fingerprint density at radius 1 is 1.11 bits per heavy atom. The molecule has 0 amide bonds. The summed E-state index contributed by atoms with van der Waals surface area (Å²) in [5.74, 6) is -0.556. The maximum absolute atomic E-state index is 13.6. The van der Waals surface area contributed by atoms with Gasteiger partial charge in [0.05, 0.1) is 6.10 Å². The Kier molecular flexibility index (Phi) is 7.77. The van der Waals surface area contributed by atoms with Crippen molar-refractivity contribution >= 4 is 11.5 Å². The van der Waals surface area contributed by atoms with E-state index in [-0.39, 0.29) is 22.6 Å². The van der Waals surface area contributed by atoms with E-state index in [0.717, 1.165) is 19.1 Å². The molecular formula is C20H26F4N2O. The molecule has 1 atom stereocenters. The lowest BCUT2D eigenvalue weighted by Crippen LogP contribution is -2.43. The fourth-order valence-corrected chi connectivity index (χ4v) is 2.53. The Balaban J connectivity index is 0.000000454. The van der Waals surface area contributed by atoms with Crippen molar-refractivity contribution in [3.8, 4) is 0 Å². The number of benzene rings is 1. The van der Waals surface area contributed by atoms with Gasteiger partial charge in [-0.2, -0.15) is 13.2 Å². The minimum atomic E-state index is -4.56. The molecule has 0 aliphatic carbocycles. The van der Waals surface area contributed by atoms with Gasteiger partial charge in [-0.25, -0.2) is 9.37 Å². The van der Waals surface area contributed by atoms with Gasteiger partial charge in [0, 0.05) is 24.6 Å². The highest BCUT2D eigenvalue weighted by atomic mass is 19.4. The molecule has 1 aliphatic rings. The number of pyridine rings is 1. The second kappa shape index (κ2) is 9.17. The summed E-state index contributed by atoms with van der Waals surface area (Å²) in [6.45, 7) is 9.05. The standard InChI is InChI=1S/C14H10F4N2.C4H10O.C2H6/c1-13(14(16,17)18)9-3-2-6-19-12(9)20-11-5-4-8(15)7-10(11)13;1-4(2)5-3;1-2/h2-7H,1H3,(H,19,20);4H,1-3H3;1-2H3. The topological polar surface area (TPSA) is 34.2 Å². The molecule has 1 aromatic carbocycles. The molecule has 0 radical (unpaired) electrons. The number of ether oxygens (including phenoxy) is 1. The van der Waals surface area contributed by atoms with Crippen molar-refractivity contribution in [2.45, 2.75) is 52.3 Å². The number of hydrogen-bond donors (Lipinski definition) is 1. The SMILES string of the molecule is CC.CC1(C(F)(F)F)c2cc(F)ccc2Nc2ncccc21.COC(C)C. The lowest BCUT2D eigenvalue weighted by molar-refractivity contribution is -0.173. The molecule has 150 valence electrons. The summed E-state index contributed by atoms with van der Waals surface area (Å²) in [5.41, 5.74) is -2.22. The van der Waals surface area contributed by atoms with E-state index < -0.39 is 17.4 Å². The number of rotatable bonds is 1. The maximum Gasteiger partial charge on any atom is 0.402 e. The second-order valence-electron chi connectivity index (χ2n) is 6.12. The van der Waals surface area contributed by atoms with Crippen LogP contribution in [0.25, 0.3) is 0 Å². The monoisotopic (exact) mass is 386 g/mol. The number of anilines is 2. The van der Waals surface area contributed by atoms with Crippen LogP contribution in [0, 0.1) is 5.82 Å². The van der Waals surface area contributed by atoms with E-state index in [1.54, 1.807) is 7.11 Å². The number of halogens is 4. The van der Waals surface area contributed by atoms with Gasteiger partial charge in [-0.05, 0) is 50.6 Å². The zero-order valence-corrected chi connectivity index (χ0v) is 16.4. The van der Waals surface area contributed by atoms with Crippen molar-refractivity contribution in [1.29, 1.82) is 0 Å². The summed E-state index contributed by atoms with van der Waals surface area (Å²) in [6.07, 6.45) is -2.76. The normalized spacial score (nSPS) is 17.4. The minimum absolute atomic E-state index is 0.00870. The number of aromatic nitrogens is 1. The summed E-state index contributed by atoms with van der Waals surface area (Å²) in [4.78, 5) is 3.94. The van der Waals surface area contributed by atoms with Crippen LogP contribution in [0.5, 0.6) is 0 Å². The summed E-state index contributed by atoms with van der Waals surface area (Å²) in [6, 6.07) is 6.14. The number of alkyl halides is 3. The first-order chi connectivity index (χ1) is 12.6. The molecule has 2 heterocycles. The summed E-state index contributed by atoms with van der Waals surface area (Å²) in [5, 5.41) is 2.82. The highest BCUT2D eigenvalue weighted by molar-refractivity contribution is 5.73. The molecule has 1 unspecified atom stereocenters. The van der Waals surface area contributed by atoms with Gasteiger partial charge in [0.15, 0.2) is 0 Å². The van der Waals surface area contributed by atoms with Crippen LogP contribution in [0.3, 0.4) is 0 Å². The van der Waals surface area contributed by atoms with Gasteiger partial charge in [0.25, 0.3) is 0 Å². The maximum atomic E-state index is 13.6. The van der Waals surface area contributed by atoms with Crippen LogP contribution in [0.4, 0.5) is 29.1 Å². The first kappa shape index (κ1) is 22.9. The van der Waals surface area contributed by atoms with E-state index in [0.29, 0.717) is 6.10 Å². The second-order valence-corrected chi connectivity index (χ2v) is 6.12. The van der Waals surface area contributed by atoms with Gasteiger partial charge in [0.2, 0.25) is 0 Å². The molecular weight excluding hydrogens is 360 g/mol. The Bertz CT molecular complexity index is 747. The number of nitrogens with zero attached hydrogens (tertiary/aromatic N) is 1. The van der Waals surface area contributed by atoms with Gasteiger partial charge in [0.1, 0.15) is 17.1 Å². The van der Waals surface area contributed by atoms with Crippen molar-refractivity contribution in [2.75, 3.05) is 12.4 Å². The quantitative estimate of drug-likeness (QED) is 0.591. The Morgan fingerprint density at radius 3 is 2.22 bits per heavy atom. The van der Waals surface area contributed by atoms with Crippen molar-refractivity contribution in [1.82, 2.24) is 4.98 Å². The van der Waals surface area contributed by atoms with Crippen LogP contribution >= 0.6 is 0 Å². The predicted molar refractivity (Wildman–Crippen MR) is 99.9 cm³/mol. The van der Waals surface area contributed by atoms with Crippen molar-refractivity contribution in [3.05, 3.63) is 53.5 Å². The lowest BCUT2D eigenvalue weighted by Gasteiger charge is -2.38. The molecule has 0 spiro atoms. The zero-order valence-electron chi connectivity index (χ0n) is 16.4. The van der Waals surface area contributed by atoms with E-state index in [1.165, 1.54) is 24.4 Å². The molecule has 27 heavy (non-hydrogen) atoms. The van der Waals surface area contributed by atoms with E-state index >= 15 is 0 Å². The molecule has 2 aromatic rings. The number of nitrogens with one attached hydrogen (secondary N) is 1. The third-order valence-electron chi connectivity index (χ3n) is 4.16. The van der Waals surface area contributed by atoms with Gasteiger partial charge >= 0.3 is 6.18 Å². The Labute approximate surface area is 157 Å². The van der Waals surface area contributed by atoms with E-state index in [1.807, 2.05) is 27.7 Å². The molecule has 0 saturated heterocycles. The molecule has 1 aliphatic heterocycles. The van der Waals surface area contributed by atoms with Crippen LogP contribution in [0.1, 0.15) is 45.7 Å². The van der Waals surface area contributed by atoms with Crippen molar-refractivity contribution in [3.63, 3.8) is 0 Å². The molecule has 0 bridgehead atoms. The predicted octanol–water partition coefficient (Wildman–Crippen LogP) is 6.21. The fourth-order valence-electron chi connectivity index (χ4n) is 2.53. The van der Waals surface area contributed by atoms with Gasteiger partial charge < -0.3 is 10.1 Å².